The molecule has 0 fully saturated rings. The molecule has 0 bridgehead atoms. The van der Waals surface area contributed by atoms with E-state index in [0.717, 1.165) is 11.3 Å². The lowest BCUT2D eigenvalue weighted by Gasteiger charge is -2.20. The van der Waals surface area contributed by atoms with Gasteiger partial charge in [-0.25, -0.2) is 4.79 Å². The van der Waals surface area contributed by atoms with Crippen LogP contribution in [0.4, 0.5) is 0 Å². The summed E-state index contributed by atoms with van der Waals surface area (Å²) in [7, 11) is 0. The molecule has 0 aromatic heterocycles. The highest BCUT2D eigenvalue weighted by Crippen LogP contribution is 2.30. The summed E-state index contributed by atoms with van der Waals surface area (Å²) in [4.78, 5) is 10.9. The number of benzene rings is 2. The molecule has 2 aromatic rings. The fourth-order valence-corrected chi connectivity index (χ4v) is 2.05. The predicted molar refractivity (Wildman–Crippen MR) is 83.4 cm³/mol. The van der Waals surface area contributed by atoms with Gasteiger partial charge in [0.05, 0.1) is 5.56 Å². The van der Waals surface area contributed by atoms with Gasteiger partial charge in [0.1, 0.15) is 11.5 Å². The lowest BCUT2D eigenvalue weighted by atomic mass is 9.87. The van der Waals surface area contributed by atoms with E-state index in [-0.39, 0.29) is 11.0 Å². The second-order valence-corrected chi connectivity index (χ2v) is 6.17. The van der Waals surface area contributed by atoms with Crippen molar-refractivity contribution < 1.29 is 14.6 Å². The van der Waals surface area contributed by atoms with Crippen molar-refractivity contribution in [3.05, 3.63) is 59.2 Å². The van der Waals surface area contributed by atoms with Crippen LogP contribution in [0.25, 0.3) is 0 Å². The molecule has 0 saturated heterocycles. The van der Waals surface area contributed by atoms with Gasteiger partial charge in [-0.1, -0.05) is 32.9 Å². The van der Waals surface area contributed by atoms with Crippen LogP contribution in [0, 0.1) is 6.92 Å². The Bertz CT molecular complexity index is 666. The normalized spacial score (nSPS) is 11.2. The van der Waals surface area contributed by atoms with Gasteiger partial charge in [0.2, 0.25) is 0 Å². The Morgan fingerprint density at radius 2 is 1.81 bits per heavy atom. The molecule has 0 saturated carbocycles. The molecule has 0 amide bonds. The van der Waals surface area contributed by atoms with Gasteiger partial charge >= 0.3 is 5.97 Å². The van der Waals surface area contributed by atoms with E-state index in [4.69, 9.17) is 9.84 Å². The first kappa shape index (κ1) is 15.1. The van der Waals surface area contributed by atoms with Gasteiger partial charge in [-0.3, -0.25) is 0 Å². The highest BCUT2D eigenvalue weighted by molar-refractivity contribution is 5.88. The number of hydrogen-bond donors (Lipinski definition) is 1. The zero-order valence-corrected chi connectivity index (χ0v) is 12.8. The van der Waals surface area contributed by atoms with Crippen LogP contribution >= 0.6 is 0 Å². The Hall–Kier alpha value is -2.29. The van der Waals surface area contributed by atoms with Gasteiger partial charge in [0.25, 0.3) is 0 Å². The summed E-state index contributed by atoms with van der Waals surface area (Å²) in [5.41, 5.74) is 2.32. The quantitative estimate of drug-likeness (QED) is 0.882. The summed E-state index contributed by atoms with van der Waals surface area (Å²) in [6, 6.07) is 12.8. The third-order valence-electron chi connectivity index (χ3n) is 3.35. The molecule has 3 nitrogen and oxygen atoms in total. The van der Waals surface area contributed by atoms with E-state index in [9.17, 15) is 4.79 Å². The maximum absolute atomic E-state index is 10.9. The third-order valence-corrected chi connectivity index (χ3v) is 3.35. The standard InChI is InChI=1S/C18H20O3/c1-12-10-13(17(19)20)8-9-16(12)21-15-7-5-6-14(11-15)18(2,3)4/h5-11H,1-4H3,(H,19,20). The van der Waals surface area contributed by atoms with Crippen LogP contribution in [0.1, 0.15) is 42.3 Å². The van der Waals surface area contributed by atoms with Crippen molar-refractivity contribution in [2.45, 2.75) is 33.1 Å². The molecule has 1 N–H and O–H groups in total. The molecule has 0 aliphatic rings. The minimum absolute atomic E-state index is 0.0571. The fraction of sp³-hybridized carbons (Fsp3) is 0.278. The Kier molecular flexibility index (Phi) is 4.03. The molecule has 0 heterocycles. The van der Waals surface area contributed by atoms with Gasteiger partial charge in [-0.15, -0.1) is 0 Å². The number of aromatic carboxylic acids is 1. The van der Waals surface area contributed by atoms with Gasteiger partial charge in [-0.05, 0) is 53.8 Å². The van der Waals surface area contributed by atoms with Crippen LogP contribution < -0.4 is 4.74 Å². The number of carboxylic acids is 1. The topological polar surface area (TPSA) is 46.5 Å². The Labute approximate surface area is 125 Å². The molecule has 0 aliphatic carbocycles. The maximum Gasteiger partial charge on any atom is 0.335 e. The smallest absolute Gasteiger partial charge is 0.335 e. The molecule has 0 unspecified atom stereocenters. The molecule has 0 atom stereocenters. The van der Waals surface area contributed by atoms with Crippen molar-refractivity contribution in [2.24, 2.45) is 0 Å². The molecule has 3 heteroatoms. The highest BCUT2D eigenvalue weighted by atomic mass is 16.5. The lowest BCUT2D eigenvalue weighted by Crippen LogP contribution is -2.10. The largest absolute Gasteiger partial charge is 0.478 e. The number of aryl methyl sites for hydroxylation is 1. The Morgan fingerprint density at radius 3 is 2.38 bits per heavy atom. The summed E-state index contributed by atoms with van der Waals surface area (Å²) < 4.78 is 5.89. The second kappa shape index (κ2) is 5.60. The van der Waals surface area contributed by atoms with Gasteiger partial charge in [0.15, 0.2) is 0 Å². The lowest BCUT2D eigenvalue weighted by molar-refractivity contribution is 0.0697. The molecule has 0 spiro atoms. The van der Waals surface area contributed by atoms with Crippen molar-refractivity contribution in [3.63, 3.8) is 0 Å². The van der Waals surface area contributed by atoms with Crippen LogP contribution in [-0.2, 0) is 5.41 Å². The highest BCUT2D eigenvalue weighted by Gasteiger charge is 2.14. The van der Waals surface area contributed by atoms with E-state index in [1.165, 1.54) is 5.56 Å². The predicted octanol–water partition coefficient (Wildman–Crippen LogP) is 4.78. The van der Waals surface area contributed by atoms with Gasteiger partial charge < -0.3 is 9.84 Å². The number of hydrogen-bond acceptors (Lipinski definition) is 2. The number of carboxylic acid groups (broad SMARTS) is 1. The van der Waals surface area contributed by atoms with Gasteiger partial charge in [0, 0.05) is 0 Å². The molecule has 21 heavy (non-hydrogen) atoms. The maximum atomic E-state index is 10.9. The minimum Gasteiger partial charge on any atom is -0.478 e. The minimum atomic E-state index is -0.931. The molecule has 2 rings (SSSR count). The molecule has 0 aliphatic heterocycles. The monoisotopic (exact) mass is 284 g/mol. The number of ether oxygens (including phenoxy) is 1. The first-order chi connectivity index (χ1) is 9.77. The number of rotatable bonds is 3. The van der Waals surface area contributed by atoms with Crippen molar-refractivity contribution in [3.8, 4) is 11.5 Å². The van der Waals surface area contributed by atoms with E-state index in [2.05, 4.69) is 26.8 Å². The molecular weight excluding hydrogens is 264 g/mol. The Morgan fingerprint density at radius 1 is 1.10 bits per heavy atom. The second-order valence-electron chi connectivity index (χ2n) is 6.17. The summed E-state index contributed by atoms with van der Waals surface area (Å²) in [6.07, 6.45) is 0. The molecule has 2 aromatic carbocycles. The van der Waals surface area contributed by atoms with Crippen molar-refractivity contribution in [2.75, 3.05) is 0 Å². The summed E-state index contributed by atoms with van der Waals surface area (Å²) in [6.45, 7) is 8.30. The Balaban J connectivity index is 2.28. The zero-order chi connectivity index (χ0) is 15.6. The third kappa shape index (κ3) is 3.63. The fourth-order valence-electron chi connectivity index (χ4n) is 2.05. The average molecular weight is 284 g/mol. The van der Waals surface area contributed by atoms with Crippen LogP contribution in [0.15, 0.2) is 42.5 Å². The van der Waals surface area contributed by atoms with E-state index in [1.54, 1.807) is 18.2 Å². The first-order valence-electron chi connectivity index (χ1n) is 6.90. The van der Waals surface area contributed by atoms with Gasteiger partial charge in [-0.2, -0.15) is 0 Å². The van der Waals surface area contributed by atoms with Crippen molar-refractivity contribution >= 4 is 5.97 Å². The van der Waals surface area contributed by atoms with E-state index in [1.807, 2.05) is 25.1 Å². The van der Waals surface area contributed by atoms with Crippen LogP contribution in [0.5, 0.6) is 11.5 Å². The van der Waals surface area contributed by atoms with Crippen molar-refractivity contribution in [1.82, 2.24) is 0 Å². The SMILES string of the molecule is Cc1cc(C(=O)O)ccc1Oc1cccc(C(C)(C)C)c1. The molecule has 110 valence electrons. The number of carbonyl (C=O) groups is 1. The van der Waals surface area contributed by atoms with Crippen LogP contribution in [0.3, 0.4) is 0 Å². The molecular formula is C18H20O3. The van der Waals surface area contributed by atoms with Crippen molar-refractivity contribution in [1.29, 1.82) is 0 Å². The first-order valence-corrected chi connectivity index (χ1v) is 6.90. The summed E-state index contributed by atoms with van der Waals surface area (Å²) in [5, 5.41) is 8.97. The summed E-state index contributed by atoms with van der Waals surface area (Å²) in [5.74, 6) is 0.499. The molecule has 0 radical (unpaired) electrons. The average Bonchev–Trinajstić information content (AvgIpc) is 2.40. The van der Waals surface area contributed by atoms with E-state index < -0.39 is 5.97 Å². The summed E-state index contributed by atoms with van der Waals surface area (Å²) >= 11 is 0. The van der Waals surface area contributed by atoms with E-state index in [0.29, 0.717) is 5.75 Å². The van der Waals surface area contributed by atoms with Crippen LogP contribution in [-0.4, -0.2) is 11.1 Å². The van der Waals surface area contributed by atoms with E-state index >= 15 is 0 Å². The zero-order valence-electron chi connectivity index (χ0n) is 12.8. The van der Waals surface area contributed by atoms with Crippen LogP contribution in [0.2, 0.25) is 0 Å².